The minimum absolute atomic E-state index is 0.955. The van der Waals surface area contributed by atoms with E-state index in [1.54, 1.807) is 6.08 Å². The summed E-state index contributed by atoms with van der Waals surface area (Å²) in [5, 5.41) is 0. The van der Waals surface area contributed by atoms with Crippen LogP contribution in [0.3, 0.4) is 0 Å². The Balaban J connectivity index is 3.58. The zero-order valence-electron chi connectivity index (χ0n) is 3.99. The van der Waals surface area contributed by atoms with Gasteiger partial charge >= 0.3 is 0 Å². The van der Waals surface area contributed by atoms with Crippen molar-refractivity contribution in [1.29, 1.82) is 0 Å². The highest BCUT2D eigenvalue weighted by Crippen LogP contribution is 1.96. The van der Waals surface area contributed by atoms with E-state index in [4.69, 9.17) is 23.2 Å². The highest BCUT2D eigenvalue weighted by atomic mass is 35.5. The normalized spacial score (nSPS) is 13.3. The second kappa shape index (κ2) is 4.23. The van der Waals surface area contributed by atoms with Crippen LogP contribution in [0.2, 0.25) is 0 Å². The molecule has 0 amide bonds. The predicted octanol–water partition coefficient (Wildman–Crippen LogP) is 2.88. The Bertz CT molecular complexity index is 92.3. The average molecular weight is 137 g/mol. The third-order valence-electron chi connectivity index (χ3n) is 0.498. The summed E-state index contributed by atoms with van der Waals surface area (Å²) in [6.07, 6.45) is 1.72. The molecule has 0 rings (SSSR count). The van der Waals surface area contributed by atoms with E-state index >= 15 is 0 Å². The van der Waals surface area contributed by atoms with Crippen LogP contribution in [0.15, 0.2) is 22.7 Å². The van der Waals surface area contributed by atoms with Gasteiger partial charge in [-0.15, -0.1) is 0 Å². The smallest absolute Gasteiger partial charge is 0.00720 e. The van der Waals surface area contributed by atoms with Gasteiger partial charge in [-0.2, -0.15) is 0 Å². The lowest BCUT2D eigenvalue weighted by Gasteiger charge is -1.78. The Morgan fingerprint density at radius 1 is 1.43 bits per heavy atom. The summed E-state index contributed by atoms with van der Waals surface area (Å²) in [6, 6.07) is 0. The largest absolute Gasteiger partial charge is 0.0929 e. The molecule has 0 saturated carbocycles. The molecule has 0 aliphatic heterocycles. The van der Waals surface area contributed by atoms with Crippen LogP contribution in [-0.4, -0.2) is 0 Å². The summed E-state index contributed by atoms with van der Waals surface area (Å²) in [4.78, 5) is 0. The second-order valence-electron chi connectivity index (χ2n) is 1.15. The first kappa shape index (κ1) is 7.06. The van der Waals surface area contributed by atoms with E-state index in [0.717, 1.165) is 5.57 Å². The van der Waals surface area contributed by atoms with Crippen molar-refractivity contribution < 1.29 is 0 Å². The molecule has 0 bridgehead atoms. The minimum Gasteiger partial charge on any atom is -0.0929 e. The van der Waals surface area contributed by atoms with E-state index in [-0.39, 0.29) is 0 Å². The molecule has 0 nitrogen and oxygen atoms in total. The number of hydrogen-bond donors (Lipinski definition) is 0. The summed E-state index contributed by atoms with van der Waals surface area (Å²) < 4.78 is 0. The molecule has 0 aliphatic rings. The Labute approximate surface area is 53.4 Å². The van der Waals surface area contributed by atoms with Gasteiger partial charge in [-0.1, -0.05) is 23.2 Å². The molecule has 0 N–H and O–H groups in total. The molecule has 0 fully saturated rings. The molecule has 0 atom stereocenters. The lowest BCUT2D eigenvalue weighted by molar-refractivity contribution is 1.56. The molecular weight excluding hydrogens is 131 g/mol. The van der Waals surface area contributed by atoms with Crippen LogP contribution in [-0.2, 0) is 0 Å². The summed E-state index contributed by atoms with van der Waals surface area (Å²) in [5.74, 6) is 0. The zero-order chi connectivity index (χ0) is 5.70. The molecule has 0 aromatic rings. The van der Waals surface area contributed by atoms with Crippen molar-refractivity contribution in [1.82, 2.24) is 0 Å². The second-order valence-corrected chi connectivity index (χ2v) is 1.62. The van der Waals surface area contributed by atoms with Crippen LogP contribution < -0.4 is 0 Å². The minimum atomic E-state index is 0.955. The molecule has 7 heavy (non-hydrogen) atoms. The van der Waals surface area contributed by atoms with Crippen LogP contribution in [0, 0.1) is 0 Å². The fraction of sp³-hybridized carbons (Fsp3) is 0.200. The topological polar surface area (TPSA) is 0 Å². The van der Waals surface area contributed by atoms with Crippen molar-refractivity contribution in [3.8, 4) is 0 Å². The lowest BCUT2D eigenvalue weighted by atomic mass is 10.4. The fourth-order valence-corrected chi connectivity index (χ4v) is 0.407. The quantitative estimate of drug-likeness (QED) is 0.487. The Kier molecular flexibility index (Phi) is 4.26. The molecule has 0 aromatic heterocycles. The maximum absolute atomic E-state index is 5.26. The van der Waals surface area contributed by atoms with E-state index in [0.29, 0.717) is 0 Å². The first-order chi connectivity index (χ1) is 3.31. The highest BCUT2D eigenvalue weighted by Gasteiger charge is 1.72. The molecule has 0 heterocycles. The third kappa shape index (κ3) is 3.90. The Morgan fingerprint density at radius 2 is 2.00 bits per heavy atom. The van der Waals surface area contributed by atoms with Gasteiger partial charge < -0.3 is 0 Å². The van der Waals surface area contributed by atoms with Gasteiger partial charge in [-0.05, 0) is 18.6 Å². The molecule has 0 saturated heterocycles. The van der Waals surface area contributed by atoms with Gasteiger partial charge in [0.25, 0.3) is 0 Å². The zero-order valence-corrected chi connectivity index (χ0v) is 5.50. The van der Waals surface area contributed by atoms with Crippen molar-refractivity contribution in [2.75, 3.05) is 0 Å². The van der Waals surface area contributed by atoms with Gasteiger partial charge in [0.1, 0.15) is 0 Å². The fourth-order valence-electron chi connectivity index (χ4n) is 0.136. The summed E-state index contributed by atoms with van der Waals surface area (Å²) in [6.45, 7) is 1.87. The van der Waals surface area contributed by atoms with Gasteiger partial charge in [0, 0.05) is 11.1 Å². The van der Waals surface area contributed by atoms with Crippen molar-refractivity contribution in [2.45, 2.75) is 6.92 Å². The number of rotatable bonds is 1. The molecule has 0 unspecified atom stereocenters. The molecule has 0 aromatic carbocycles. The van der Waals surface area contributed by atoms with Gasteiger partial charge in [-0.25, -0.2) is 0 Å². The Hall–Kier alpha value is 0.0600. The first-order valence-corrected chi connectivity index (χ1v) is 2.72. The van der Waals surface area contributed by atoms with Crippen LogP contribution >= 0.6 is 23.2 Å². The van der Waals surface area contributed by atoms with E-state index in [1.807, 2.05) is 6.92 Å². The average Bonchev–Trinajstić information content (AvgIpc) is 1.68. The molecule has 0 spiro atoms. The van der Waals surface area contributed by atoms with Crippen LogP contribution in [0.5, 0.6) is 0 Å². The summed E-state index contributed by atoms with van der Waals surface area (Å²) >= 11 is 10.5. The molecule has 0 aliphatic carbocycles. The monoisotopic (exact) mass is 136 g/mol. The maximum Gasteiger partial charge on any atom is 0.00720 e. The Morgan fingerprint density at radius 3 is 2.14 bits per heavy atom. The van der Waals surface area contributed by atoms with Gasteiger partial charge in [0.2, 0.25) is 0 Å². The van der Waals surface area contributed by atoms with Crippen LogP contribution in [0.25, 0.3) is 0 Å². The van der Waals surface area contributed by atoms with Crippen LogP contribution in [0.4, 0.5) is 0 Å². The molecule has 2 heteroatoms. The maximum atomic E-state index is 5.26. The van der Waals surface area contributed by atoms with E-state index in [9.17, 15) is 0 Å². The van der Waals surface area contributed by atoms with Crippen molar-refractivity contribution >= 4 is 23.2 Å². The van der Waals surface area contributed by atoms with Crippen molar-refractivity contribution in [2.24, 2.45) is 0 Å². The molecule has 0 radical (unpaired) electrons. The number of halogens is 2. The van der Waals surface area contributed by atoms with E-state index in [1.165, 1.54) is 11.1 Å². The van der Waals surface area contributed by atoms with Crippen molar-refractivity contribution in [3.05, 3.63) is 22.7 Å². The standard InChI is InChI=1S/C5H6Cl2/c1-5(4-7)2-3-6/h2-4H,1H3. The van der Waals surface area contributed by atoms with Gasteiger partial charge in [-0.3, -0.25) is 0 Å². The highest BCUT2D eigenvalue weighted by molar-refractivity contribution is 6.27. The first-order valence-electron chi connectivity index (χ1n) is 1.85. The number of allylic oxidation sites excluding steroid dienone is 2. The van der Waals surface area contributed by atoms with Crippen LogP contribution in [0.1, 0.15) is 6.92 Å². The van der Waals surface area contributed by atoms with Gasteiger partial charge in [0.15, 0.2) is 0 Å². The third-order valence-corrected chi connectivity index (χ3v) is 0.968. The van der Waals surface area contributed by atoms with E-state index < -0.39 is 0 Å². The molecule has 40 valence electrons. The summed E-state index contributed by atoms with van der Waals surface area (Å²) in [5.41, 5.74) is 3.85. The lowest BCUT2D eigenvalue weighted by Crippen LogP contribution is -1.57. The van der Waals surface area contributed by atoms with Crippen molar-refractivity contribution in [3.63, 3.8) is 0 Å². The molecular formula is C5H6Cl2. The predicted molar refractivity (Wildman–Crippen MR) is 34.6 cm³/mol. The number of hydrogen-bond acceptors (Lipinski definition) is 0. The SMILES string of the molecule is CC(C=CCl)=CCl. The van der Waals surface area contributed by atoms with E-state index in [2.05, 4.69) is 0 Å². The summed E-state index contributed by atoms with van der Waals surface area (Å²) in [7, 11) is 0. The van der Waals surface area contributed by atoms with Gasteiger partial charge in [0.05, 0.1) is 0 Å².